The van der Waals surface area contributed by atoms with Crippen molar-refractivity contribution in [2.24, 2.45) is 5.92 Å². The summed E-state index contributed by atoms with van der Waals surface area (Å²) in [5.41, 5.74) is 2.30. The summed E-state index contributed by atoms with van der Waals surface area (Å²) in [4.78, 5) is 23.5. The first-order chi connectivity index (χ1) is 11.6. The molecule has 5 nitrogen and oxygen atoms in total. The van der Waals surface area contributed by atoms with E-state index in [-0.39, 0.29) is 29.6 Å². The van der Waals surface area contributed by atoms with E-state index in [1.165, 1.54) is 19.2 Å². The summed E-state index contributed by atoms with van der Waals surface area (Å²) < 4.78 is 12.9. The van der Waals surface area contributed by atoms with Crippen LogP contribution in [0.4, 0.5) is 20.6 Å². The average Bonchev–Trinajstić information content (AvgIpc) is 3.38. The van der Waals surface area contributed by atoms with Gasteiger partial charge in [-0.1, -0.05) is 12.1 Å². The molecule has 0 spiro atoms. The zero-order chi connectivity index (χ0) is 17.1. The monoisotopic (exact) mass is 327 g/mol. The molecule has 124 valence electrons. The summed E-state index contributed by atoms with van der Waals surface area (Å²) >= 11 is 0. The molecule has 0 aliphatic heterocycles. The van der Waals surface area contributed by atoms with Gasteiger partial charge in [0.05, 0.1) is 0 Å². The molecule has 2 unspecified atom stereocenters. The van der Waals surface area contributed by atoms with Crippen LogP contribution in [0.1, 0.15) is 17.9 Å². The van der Waals surface area contributed by atoms with Crippen LogP contribution in [0.5, 0.6) is 0 Å². The van der Waals surface area contributed by atoms with Gasteiger partial charge in [0.15, 0.2) is 0 Å². The fraction of sp³-hybridized carbons (Fsp3) is 0.222. The van der Waals surface area contributed by atoms with Crippen molar-refractivity contribution in [3.8, 4) is 0 Å². The Hall–Kier alpha value is -2.89. The van der Waals surface area contributed by atoms with Crippen LogP contribution in [0.25, 0.3) is 0 Å². The molecule has 0 saturated heterocycles. The van der Waals surface area contributed by atoms with Crippen LogP contribution in [0.3, 0.4) is 0 Å². The Morgan fingerprint density at radius 1 is 0.958 bits per heavy atom. The number of hydrogen-bond donors (Lipinski definition) is 3. The van der Waals surface area contributed by atoms with Crippen LogP contribution in [-0.4, -0.2) is 19.0 Å². The first kappa shape index (κ1) is 16.0. The van der Waals surface area contributed by atoms with Crippen LogP contribution >= 0.6 is 0 Å². The smallest absolute Gasteiger partial charge is 0.318 e. The standard InChI is InChI=1S/C18H18FN3O2/c1-20-18(24)22-14-8-6-13(7-9-14)21-17(23)16-10-15(16)11-2-4-12(19)5-3-11/h2-9,15-16H,10H2,1H3,(H,21,23)(H2,20,22,24). The van der Waals surface area contributed by atoms with Gasteiger partial charge >= 0.3 is 6.03 Å². The highest BCUT2D eigenvalue weighted by Crippen LogP contribution is 2.47. The molecule has 0 bridgehead atoms. The summed E-state index contributed by atoms with van der Waals surface area (Å²) in [6, 6.07) is 12.9. The van der Waals surface area contributed by atoms with Crippen molar-refractivity contribution in [1.82, 2.24) is 5.32 Å². The fourth-order valence-electron chi connectivity index (χ4n) is 2.63. The summed E-state index contributed by atoms with van der Waals surface area (Å²) in [5.74, 6) is -0.249. The van der Waals surface area contributed by atoms with Gasteiger partial charge in [-0.15, -0.1) is 0 Å². The van der Waals surface area contributed by atoms with E-state index >= 15 is 0 Å². The highest BCUT2D eigenvalue weighted by Gasteiger charge is 2.43. The van der Waals surface area contributed by atoms with E-state index in [4.69, 9.17) is 0 Å². The van der Waals surface area contributed by atoms with Crippen molar-refractivity contribution in [3.63, 3.8) is 0 Å². The van der Waals surface area contributed by atoms with Gasteiger partial charge in [0.2, 0.25) is 5.91 Å². The maximum absolute atomic E-state index is 12.9. The summed E-state index contributed by atoms with van der Waals surface area (Å²) in [6.07, 6.45) is 0.772. The fourth-order valence-corrected chi connectivity index (χ4v) is 2.63. The Morgan fingerprint density at radius 3 is 2.12 bits per heavy atom. The second-order valence-corrected chi connectivity index (χ2v) is 5.77. The summed E-state index contributed by atoms with van der Waals surface area (Å²) in [5, 5.41) is 7.98. The molecule has 3 rings (SSSR count). The number of benzene rings is 2. The highest BCUT2D eigenvalue weighted by molar-refractivity contribution is 5.95. The molecule has 0 heterocycles. The van der Waals surface area contributed by atoms with Crippen molar-refractivity contribution in [1.29, 1.82) is 0 Å². The molecule has 6 heteroatoms. The predicted molar refractivity (Wildman–Crippen MR) is 90.4 cm³/mol. The Kier molecular flexibility index (Phi) is 4.46. The molecule has 3 amide bonds. The maximum atomic E-state index is 12.9. The van der Waals surface area contributed by atoms with Gasteiger partial charge in [-0.25, -0.2) is 9.18 Å². The van der Waals surface area contributed by atoms with Crippen LogP contribution in [0.2, 0.25) is 0 Å². The third kappa shape index (κ3) is 3.71. The van der Waals surface area contributed by atoms with Crippen molar-refractivity contribution in [2.45, 2.75) is 12.3 Å². The van der Waals surface area contributed by atoms with E-state index in [1.54, 1.807) is 36.4 Å². The van der Waals surface area contributed by atoms with E-state index in [2.05, 4.69) is 16.0 Å². The first-order valence-electron chi connectivity index (χ1n) is 7.72. The number of anilines is 2. The SMILES string of the molecule is CNC(=O)Nc1ccc(NC(=O)C2CC2c2ccc(F)cc2)cc1. The van der Waals surface area contributed by atoms with Crippen molar-refractivity contribution in [3.05, 3.63) is 59.9 Å². The Morgan fingerprint density at radius 2 is 1.54 bits per heavy atom. The lowest BCUT2D eigenvalue weighted by atomic mass is 10.1. The number of rotatable bonds is 4. The van der Waals surface area contributed by atoms with Gasteiger partial charge in [-0.05, 0) is 54.3 Å². The van der Waals surface area contributed by atoms with Crippen molar-refractivity contribution in [2.75, 3.05) is 17.7 Å². The lowest BCUT2D eigenvalue weighted by molar-refractivity contribution is -0.117. The number of urea groups is 1. The van der Waals surface area contributed by atoms with Crippen LogP contribution in [0.15, 0.2) is 48.5 Å². The largest absolute Gasteiger partial charge is 0.341 e. The van der Waals surface area contributed by atoms with E-state index < -0.39 is 0 Å². The lowest BCUT2D eigenvalue weighted by Gasteiger charge is -2.08. The number of carbonyl (C=O) groups is 2. The van der Waals surface area contributed by atoms with Gasteiger partial charge in [0.25, 0.3) is 0 Å². The van der Waals surface area contributed by atoms with Gasteiger partial charge in [-0.2, -0.15) is 0 Å². The van der Waals surface area contributed by atoms with Crippen LogP contribution in [0, 0.1) is 11.7 Å². The van der Waals surface area contributed by atoms with E-state index in [0.717, 1.165) is 12.0 Å². The Balaban J connectivity index is 1.56. The third-order valence-corrected chi connectivity index (χ3v) is 4.06. The normalized spacial score (nSPS) is 18.6. The van der Waals surface area contributed by atoms with E-state index in [0.29, 0.717) is 11.4 Å². The molecule has 24 heavy (non-hydrogen) atoms. The average molecular weight is 327 g/mol. The topological polar surface area (TPSA) is 70.2 Å². The van der Waals surface area contributed by atoms with Crippen LogP contribution < -0.4 is 16.0 Å². The minimum absolute atomic E-state index is 0.0451. The highest BCUT2D eigenvalue weighted by atomic mass is 19.1. The first-order valence-corrected chi connectivity index (χ1v) is 7.72. The van der Waals surface area contributed by atoms with Gasteiger partial charge in [0.1, 0.15) is 5.82 Å². The number of carbonyl (C=O) groups excluding carboxylic acids is 2. The molecule has 1 saturated carbocycles. The van der Waals surface area contributed by atoms with Crippen LogP contribution in [-0.2, 0) is 4.79 Å². The molecule has 2 aromatic carbocycles. The molecule has 2 aromatic rings. The summed E-state index contributed by atoms with van der Waals surface area (Å²) in [7, 11) is 1.54. The van der Waals surface area contributed by atoms with E-state index in [9.17, 15) is 14.0 Å². The van der Waals surface area contributed by atoms with Crippen molar-refractivity contribution >= 4 is 23.3 Å². The van der Waals surface area contributed by atoms with Gasteiger partial charge in [0, 0.05) is 24.3 Å². The molecule has 1 fully saturated rings. The zero-order valence-electron chi connectivity index (χ0n) is 13.2. The number of hydrogen-bond acceptors (Lipinski definition) is 2. The molecule has 1 aliphatic carbocycles. The maximum Gasteiger partial charge on any atom is 0.318 e. The predicted octanol–water partition coefficient (Wildman–Crippen LogP) is 3.32. The quantitative estimate of drug-likeness (QED) is 0.806. The minimum Gasteiger partial charge on any atom is -0.341 e. The molecule has 1 aliphatic rings. The number of amides is 3. The van der Waals surface area contributed by atoms with Gasteiger partial charge in [-0.3, -0.25) is 4.79 Å². The van der Waals surface area contributed by atoms with E-state index in [1.807, 2.05) is 0 Å². The molecular formula is C18H18FN3O2. The molecule has 3 N–H and O–H groups in total. The third-order valence-electron chi connectivity index (χ3n) is 4.06. The van der Waals surface area contributed by atoms with Crippen molar-refractivity contribution < 1.29 is 14.0 Å². The lowest BCUT2D eigenvalue weighted by Crippen LogP contribution is -2.24. The number of halogens is 1. The second kappa shape index (κ2) is 6.70. The Bertz CT molecular complexity index is 744. The summed E-state index contributed by atoms with van der Waals surface area (Å²) in [6.45, 7) is 0. The van der Waals surface area contributed by atoms with Gasteiger partial charge < -0.3 is 16.0 Å². The second-order valence-electron chi connectivity index (χ2n) is 5.77. The molecular weight excluding hydrogens is 309 g/mol. The molecule has 2 atom stereocenters. The number of nitrogens with one attached hydrogen (secondary N) is 3. The molecule has 0 aromatic heterocycles. The minimum atomic E-state index is -0.299. The zero-order valence-corrected chi connectivity index (χ0v) is 13.2. The molecule has 0 radical (unpaired) electrons. The Labute approximate surface area is 139 Å².